The van der Waals surface area contributed by atoms with Crippen LogP contribution in [0.4, 0.5) is 0 Å². The van der Waals surface area contributed by atoms with Crippen LogP contribution in [0.2, 0.25) is 0 Å². The van der Waals surface area contributed by atoms with E-state index in [2.05, 4.69) is 57.1 Å². The third-order valence-electron chi connectivity index (χ3n) is 7.25. The number of hydrogen-bond donors (Lipinski definition) is 0. The van der Waals surface area contributed by atoms with Crippen LogP contribution < -0.4 is 5.62 Å². The Morgan fingerprint density at radius 2 is 1.66 bits per heavy atom. The van der Waals surface area contributed by atoms with E-state index in [0.29, 0.717) is 6.04 Å². The average Bonchev–Trinajstić information content (AvgIpc) is 3.08. The maximum Gasteiger partial charge on any atom is 0.221 e. The second-order valence-corrected chi connectivity index (χ2v) is 8.85. The van der Waals surface area contributed by atoms with Gasteiger partial charge in [0.25, 0.3) is 0 Å². The highest BCUT2D eigenvalue weighted by Gasteiger charge is 2.30. The topological polar surface area (TPSA) is 49.2 Å². The summed E-state index contributed by atoms with van der Waals surface area (Å²) in [6.45, 7) is 7.60. The zero-order chi connectivity index (χ0) is 20.2. The van der Waals surface area contributed by atoms with Gasteiger partial charge in [-0.2, -0.15) is 5.26 Å². The lowest BCUT2D eigenvalue weighted by atomic mass is 9.82. The van der Waals surface area contributed by atoms with Crippen LogP contribution in [-0.2, 0) is 6.54 Å². The molecule has 0 radical (unpaired) electrons. The molecule has 156 valence electrons. The third kappa shape index (κ3) is 4.00. The number of nitriles is 1. The number of aromatic nitrogens is 2. The maximum absolute atomic E-state index is 9.31. The van der Waals surface area contributed by atoms with E-state index in [-0.39, 0.29) is 0 Å². The lowest BCUT2D eigenvalue weighted by molar-refractivity contribution is 0.0947. The Kier molecular flexibility index (Phi) is 6.40. The molecule has 4 rings (SSSR count). The molecule has 0 N–H and O–H groups in total. The van der Waals surface area contributed by atoms with Crippen molar-refractivity contribution < 1.29 is 0 Å². The van der Waals surface area contributed by atoms with Crippen LogP contribution in [0.1, 0.15) is 71.3 Å². The molecular formula is C24H35N5. The predicted octanol–water partition coefficient (Wildman–Crippen LogP) is 4.84. The van der Waals surface area contributed by atoms with Crippen molar-refractivity contribution in [3.63, 3.8) is 0 Å². The first-order chi connectivity index (χ1) is 14.3. The molecule has 1 saturated heterocycles. The van der Waals surface area contributed by atoms with E-state index in [4.69, 9.17) is 0 Å². The number of hydrogen-bond acceptors (Lipinski definition) is 3. The Morgan fingerprint density at radius 3 is 2.28 bits per heavy atom. The van der Waals surface area contributed by atoms with Gasteiger partial charge in [0.2, 0.25) is 11.8 Å². The summed E-state index contributed by atoms with van der Waals surface area (Å²) in [7, 11) is 0. The van der Waals surface area contributed by atoms with Crippen LogP contribution in [0.5, 0.6) is 0 Å². The molecule has 0 spiro atoms. The molecule has 0 atom stereocenters. The van der Waals surface area contributed by atoms with Gasteiger partial charge in [-0.25, -0.2) is 0 Å². The van der Waals surface area contributed by atoms with Crippen molar-refractivity contribution in [3.8, 4) is 6.19 Å². The van der Waals surface area contributed by atoms with E-state index >= 15 is 0 Å². The highest BCUT2D eigenvalue weighted by molar-refractivity contribution is 5.76. The fraction of sp³-hybridized carbons (Fsp3) is 0.667. The van der Waals surface area contributed by atoms with Crippen molar-refractivity contribution in [2.75, 3.05) is 13.1 Å². The second kappa shape index (κ2) is 9.17. The number of rotatable bonds is 5. The first kappa shape index (κ1) is 20.2. The molecule has 1 aliphatic carbocycles. The number of fused-ring (bicyclic) bond motifs is 1. The number of piperidine rings is 1. The van der Waals surface area contributed by atoms with E-state index in [1.807, 2.05) is 6.19 Å². The van der Waals surface area contributed by atoms with Crippen molar-refractivity contribution in [1.29, 1.82) is 5.26 Å². The van der Waals surface area contributed by atoms with Gasteiger partial charge in [-0.3, -0.25) is 0 Å². The van der Waals surface area contributed by atoms with Gasteiger partial charge in [0.15, 0.2) is 0 Å². The van der Waals surface area contributed by atoms with Crippen LogP contribution in [0.3, 0.4) is 0 Å². The molecular weight excluding hydrogens is 358 g/mol. The van der Waals surface area contributed by atoms with Crippen LogP contribution >= 0.6 is 0 Å². The molecule has 1 saturated carbocycles. The van der Waals surface area contributed by atoms with E-state index in [1.165, 1.54) is 62.6 Å². The van der Waals surface area contributed by atoms with Gasteiger partial charge in [-0.15, -0.1) is 4.99 Å². The van der Waals surface area contributed by atoms with Gasteiger partial charge < -0.3 is 14.0 Å². The summed E-state index contributed by atoms with van der Waals surface area (Å²) in [6, 6.07) is 9.71. The van der Waals surface area contributed by atoms with Crippen LogP contribution in [0, 0.1) is 17.4 Å². The Hall–Kier alpha value is -2.06. The standard InChI is InChI=1S/C24H35N5/c1-3-7-19-10-12-20(13-11-19)27-16-14-21(15-17-27)29-23-9-6-5-8-22(23)28(4-2)24(29)26-18-25/h5-6,8-9,19-21H,3-4,7,10-17H2,1-2H3/b26-24+. The average molecular weight is 394 g/mol. The highest BCUT2D eigenvalue weighted by atomic mass is 15.2. The van der Waals surface area contributed by atoms with Crippen molar-refractivity contribution in [1.82, 2.24) is 14.0 Å². The molecule has 1 aliphatic heterocycles. The second-order valence-electron chi connectivity index (χ2n) is 8.85. The maximum atomic E-state index is 9.31. The molecule has 0 unspecified atom stereocenters. The Labute approximate surface area is 174 Å². The lowest BCUT2D eigenvalue weighted by Gasteiger charge is -2.41. The molecule has 2 fully saturated rings. The van der Waals surface area contributed by atoms with Crippen molar-refractivity contribution in [2.45, 2.75) is 83.8 Å². The summed E-state index contributed by atoms with van der Waals surface area (Å²) >= 11 is 0. The molecule has 1 aromatic carbocycles. The fourth-order valence-electron chi connectivity index (χ4n) is 5.79. The first-order valence-corrected chi connectivity index (χ1v) is 11.6. The Balaban J connectivity index is 1.51. The number of benzene rings is 1. The zero-order valence-electron chi connectivity index (χ0n) is 18.1. The minimum Gasteiger partial charge on any atom is -0.310 e. The normalized spacial score (nSPS) is 24.8. The lowest BCUT2D eigenvalue weighted by Crippen LogP contribution is -2.44. The van der Waals surface area contributed by atoms with Crippen LogP contribution in [-0.4, -0.2) is 33.2 Å². The third-order valence-corrected chi connectivity index (χ3v) is 7.25. The molecule has 2 aromatic rings. The Morgan fingerprint density at radius 1 is 0.966 bits per heavy atom. The summed E-state index contributed by atoms with van der Waals surface area (Å²) < 4.78 is 4.53. The summed E-state index contributed by atoms with van der Waals surface area (Å²) in [5.41, 5.74) is 3.21. The number of imidazole rings is 1. The Bertz CT molecular complexity index is 915. The molecule has 1 aromatic heterocycles. The monoisotopic (exact) mass is 393 g/mol. The molecule has 0 amide bonds. The molecule has 5 nitrogen and oxygen atoms in total. The van der Waals surface area contributed by atoms with Gasteiger partial charge >= 0.3 is 0 Å². The molecule has 2 aliphatic rings. The van der Waals surface area contributed by atoms with Crippen LogP contribution in [0.15, 0.2) is 29.3 Å². The molecule has 5 heteroatoms. The smallest absolute Gasteiger partial charge is 0.221 e. The van der Waals surface area contributed by atoms with E-state index in [0.717, 1.165) is 37.0 Å². The fourth-order valence-corrected chi connectivity index (χ4v) is 5.79. The van der Waals surface area contributed by atoms with Gasteiger partial charge in [-0.1, -0.05) is 31.9 Å². The van der Waals surface area contributed by atoms with Crippen LogP contribution in [0.25, 0.3) is 11.0 Å². The minimum atomic E-state index is 0.424. The van der Waals surface area contributed by atoms with Gasteiger partial charge in [-0.05, 0) is 63.5 Å². The van der Waals surface area contributed by atoms with E-state index in [1.54, 1.807) is 0 Å². The minimum absolute atomic E-state index is 0.424. The zero-order valence-corrected chi connectivity index (χ0v) is 18.1. The largest absolute Gasteiger partial charge is 0.310 e. The van der Waals surface area contributed by atoms with E-state index < -0.39 is 0 Å². The summed E-state index contributed by atoms with van der Waals surface area (Å²) in [6.07, 6.45) is 12.7. The van der Waals surface area contributed by atoms with Gasteiger partial charge in [0.05, 0.1) is 11.0 Å². The van der Waals surface area contributed by atoms with Crippen molar-refractivity contribution >= 4 is 11.0 Å². The summed E-state index contributed by atoms with van der Waals surface area (Å²) in [5, 5.41) is 9.31. The van der Waals surface area contributed by atoms with E-state index in [9.17, 15) is 5.26 Å². The SMILES string of the molecule is CCCC1CCC(N2CCC(n3/c(=N/C#N)n(CC)c4ccccc43)CC2)CC1. The molecule has 2 heterocycles. The molecule has 0 bridgehead atoms. The van der Waals surface area contributed by atoms with Crippen molar-refractivity contribution in [3.05, 3.63) is 29.9 Å². The number of aryl methyl sites for hydroxylation is 1. The summed E-state index contributed by atoms with van der Waals surface area (Å²) in [5.74, 6) is 0.972. The number of nitrogens with zero attached hydrogens (tertiary/aromatic N) is 5. The highest BCUT2D eigenvalue weighted by Crippen LogP contribution is 2.33. The van der Waals surface area contributed by atoms with Gasteiger partial charge in [0.1, 0.15) is 0 Å². The quantitative estimate of drug-likeness (QED) is 0.683. The predicted molar refractivity (Wildman–Crippen MR) is 117 cm³/mol. The first-order valence-electron chi connectivity index (χ1n) is 11.6. The molecule has 29 heavy (non-hydrogen) atoms. The number of para-hydroxylation sites is 2. The number of likely N-dealkylation sites (tertiary alicyclic amines) is 1. The summed E-state index contributed by atoms with van der Waals surface area (Å²) in [4.78, 5) is 6.99. The van der Waals surface area contributed by atoms with Gasteiger partial charge in [0, 0.05) is 31.7 Å². The van der Waals surface area contributed by atoms with Crippen molar-refractivity contribution in [2.24, 2.45) is 10.9 Å².